The average molecular weight is 432 g/mol. The lowest BCUT2D eigenvalue weighted by molar-refractivity contribution is -0.116. The molecule has 1 aromatic carbocycles. The molecule has 2 rings (SSSR count). The fraction of sp³-hybridized carbons (Fsp3) is 0.133. The van der Waals surface area contributed by atoms with Crippen LogP contribution in [0, 0.1) is 11.6 Å². The number of halogens is 3. The highest BCUT2D eigenvalue weighted by atomic mass is 79.9. The van der Waals surface area contributed by atoms with Gasteiger partial charge in [-0.15, -0.1) is 11.3 Å². The first-order chi connectivity index (χ1) is 11.7. The molecule has 0 saturated carbocycles. The van der Waals surface area contributed by atoms with Gasteiger partial charge in [-0.2, -0.15) is 0 Å². The molecule has 3 amide bonds. The SMILES string of the molecule is CN(CC(=O)Nc1cc(C(N)=O)c(F)cc1F)C(=O)c1ccc(Br)s1. The molecule has 1 heterocycles. The predicted molar refractivity (Wildman–Crippen MR) is 92.5 cm³/mol. The fourth-order valence-electron chi connectivity index (χ4n) is 1.93. The molecular formula is C15H12BrF2N3O3S. The van der Waals surface area contributed by atoms with Gasteiger partial charge in [0.15, 0.2) is 0 Å². The van der Waals surface area contributed by atoms with Gasteiger partial charge in [-0.25, -0.2) is 8.78 Å². The van der Waals surface area contributed by atoms with Crippen molar-refractivity contribution in [3.63, 3.8) is 0 Å². The molecule has 0 aliphatic rings. The zero-order valence-electron chi connectivity index (χ0n) is 12.8. The van der Waals surface area contributed by atoms with E-state index in [9.17, 15) is 23.2 Å². The Morgan fingerprint density at radius 3 is 2.48 bits per heavy atom. The maximum Gasteiger partial charge on any atom is 0.264 e. The van der Waals surface area contributed by atoms with Crippen molar-refractivity contribution in [2.24, 2.45) is 5.73 Å². The lowest BCUT2D eigenvalue weighted by Gasteiger charge is -2.16. The van der Waals surface area contributed by atoms with Crippen molar-refractivity contribution < 1.29 is 23.2 Å². The van der Waals surface area contributed by atoms with Crippen LogP contribution in [0.25, 0.3) is 0 Å². The van der Waals surface area contributed by atoms with Crippen molar-refractivity contribution >= 4 is 50.7 Å². The number of nitrogens with zero attached hydrogens (tertiary/aromatic N) is 1. The Bertz CT molecular complexity index is 857. The molecule has 6 nitrogen and oxygen atoms in total. The van der Waals surface area contributed by atoms with Crippen molar-refractivity contribution in [2.45, 2.75) is 0 Å². The molecule has 10 heteroatoms. The van der Waals surface area contributed by atoms with Gasteiger partial charge >= 0.3 is 0 Å². The smallest absolute Gasteiger partial charge is 0.264 e. The molecule has 0 bridgehead atoms. The predicted octanol–water partition coefficient (Wildman–Crippen LogP) is 2.60. The number of rotatable bonds is 5. The largest absolute Gasteiger partial charge is 0.366 e. The van der Waals surface area contributed by atoms with Crippen LogP contribution in [-0.4, -0.2) is 36.2 Å². The van der Waals surface area contributed by atoms with Gasteiger partial charge in [0.2, 0.25) is 5.91 Å². The molecule has 1 aromatic heterocycles. The number of thiophene rings is 1. The van der Waals surface area contributed by atoms with Crippen LogP contribution in [-0.2, 0) is 4.79 Å². The van der Waals surface area contributed by atoms with E-state index < -0.39 is 34.7 Å². The van der Waals surface area contributed by atoms with Crippen molar-refractivity contribution in [3.05, 3.63) is 50.1 Å². The third kappa shape index (κ3) is 4.60. The van der Waals surface area contributed by atoms with Gasteiger partial charge in [0.05, 0.1) is 26.5 Å². The summed E-state index contributed by atoms with van der Waals surface area (Å²) >= 11 is 4.44. The molecule has 0 aliphatic heterocycles. The second kappa shape index (κ2) is 7.70. The van der Waals surface area contributed by atoms with Crippen molar-refractivity contribution in [2.75, 3.05) is 18.9 Å². The van der Waals surface area contributed by atoms with E-state index in [1.165, 1.54) is 18.4 Å². The number of primary amides is 1. The zero-order chi connectivity index (χ0) is 18.7. The molecule has 0 aliphatic carbocycles. The van der Waals surface area contributed by atoms with E-state index in [2.05, 4.69) is 21.2 Å². The van der Waals surface area contributed by atoms with Gasteiger partial charge in [0.1, 0.15) is 11.6 Å². The molecule has 0 atom stereocenters. The molecular weight excluding hydrogens is 420 g/mol. The summed E-state index contributed by atoms with van der Waals surface area (Å²) in [5, 5.41) is 2.19. The van der Waals surface area contributed by atoms with Crippen molar-refractivity contribution in [3.8, 4) is 0 Å². The molecule has 0 saturated heterocycles. The lowest BCUT2D eigenvalue weighted by atomic mass is 10.1. The van der Waals surface area contributed by atoms with E-state index in [4.69, 9.17) is 5.73 Å². The van der Waals surface area contributed by atoms with E-state index in [1.807, 2.05) is 0 Å². The quantitative estimate of drug-likeness (QED) is 0.761. The minimum atomic E-state index is -1.13. The molecule has 3 N–H and O–H groups in total. The van der Waals surface area contributed by atoms with Gasteiger partial charge < -0.3 is 16.0 Å². The maximum absolute atomic E-state index is 13.7. The minimum Gasteiger partial charge on any atom is -0.366 e. The summed E-state index contributed by atoms with van der Waals surface area (Å²) in [5.74, 6) is -4.38. The number of carbonyl (C=O) groups is 3. The highest BCUT2D eigenvalue weighted by molar-refractivity contribution is 9.11. The van der Waals surface area contributed by atoms with Gasteiger partial charge in [-0.3, -0.25) is 14.4 Å². The van der Waals surface area contributed by atoms with E-state index >= 15 is 0 Å². The number of nitrogens with two attached hydrogens (primary N) is 1. The van der Waals surface area contributed by atoms with Crippen molar-refractivity contribution in [1.29, 1.82) is 0 Å². The van der Waals surface area contributed by atoms with Gasteiger partial charge in [0, 0.05) is 13.1 Å². The highest BCUT2D eigenvalue weighted by Crippen LogP contribution is 2.23. The summed E-state index contributed by atoms with van der Waals surface area (Å²) in [5.41, 5.74) is 4.03. The number of carbonyl (C=O) groups excluding carboxylic acids is 3. The summed E-state index contributed by atoms with van der Waals surface area (Å²) in [6.07, 6.45) is 0. The van der Waals surface area contributed by atoms with E-state index in [0.717, 1.165) is 14.8 Å². The van der Waals surface area contributed by atoms with Crippen LogP contribution in [0.1, 0.15) is 20.0 Å². The second-order valence-corrected chi connectivity index (χ2v) is 7.45. The van der Waals surface area contributed by atoms with Crippen LogP contribution in [0.4, 0.5) is 14.5 Å². The van der Waals surface area contributed by atoms with Gasteiger partial charge in [-0.05, 0) is 34.1 Å². The number of nitrogens with one attached hydrogen (secondary N) is 1. The van der Waals surface area contributed by atoms with E-state index in [1.54, 1.807) is 12.1 Å². The van der Waals surface area contributed by atoms with Crippen LogP contribution < -0.4 is 11.1 Å². The molecule has 0 unspecified atom stereocenters. The minimum absolute atomic E-state index is 0.364. The third-order valence-electron chi connectivity index (χ3n) is 3.11. The fourth-order valence-corrected chi connectivity index (χ4v) is 3.31. The summed E-state index contributed by atoms with van der Waals surface area (Å²) < 4.78 is 27.9. The molecule has 2 aromatic rings. The Morgan fingerprint density at radius 2 is 1.92 bits per heavy atom. The standard InChI is InChI=1S/C15H12BrF2N3O3S/c1-21(15(24)11-2-3-12(16)25-11)6-13(22)20-10-4-7(14(19)23)8(17)5-9(10)18/h2-5H,6H2,1H3,(H2,19,23)(H,20,22). The number of anilines is 1. The van der Waals surface area contributed by atoms with E-state index in [0.29, 0.717) is 10.9 Å². The topological polar surface area (TPSA) is 92.5 Å². The Labute approximate surface area is 153 Å². The van der Waals surface area contributed by atoms with Gasteiger partial charge in [-0.1, -0.05) is 0 Å². The van der Waals surface area contributed by atoms with Crippen LogP contribution in [0.2, 0.25) is 0 Å². The lowest BCUT2D eigenvalue weighted by Crippen LogP contribution is -2.34. The number of hydrogen-bond acceptors (Lipinski definition) is 4. The Kier molecular flexibility index (Phi) is 5.85. The Hall–Kier alpha value is -2.33. The average Bonchev–Trinajstić information content (AvgIpc) is 2.95. The second-order valence-electron chi connectivity index (χ2n) is 4.99. The zero-order valence-corrected chi connectivity index (χ0v) is 15.2. The normalized spacial score (nSPS) is 10.4. The van der Waals surface area contributed by atoms with Crippen molar-refractivity contribution in [1.82, 2.24) is 4.90 Å². The summed E-state index contributed by atoms with van der Waals surface area (Å²) in [6.45, 7) is -0.364. The monoisotopic (exact) mass is 431 g/mol. The molecule has 0 fully saturated rings. The maximum atomic E-state index is 13.7. The Balaban J connectivity index is 2.08. The first-order valence-electron chi connectivity index (χ1n) is 6.78. The summed E-state index contributed by atoms with van der Waals surface area (Å²) in [4.78, 5) is 36.8. The first kappa shape index (κ1) is 19.0. The first-order valence-corrected chi connectivity index (χ1v) is 8.39. The molecule has 0 spiro atoms. The number of benzene rings is 1. The highest BCUT2D eigenvalue weighted by Gasteiger charge is 2.19. The number of hydrogen-bond donors (Lipinski definition) is 2. The van der Waals surface area contributed by atoms with E-state index in [-0.39, 0.29) is 12.5 Å². The van der Waals surface area contributed by atoms with Crippen LogP contribution >= 0.6 is 27.3 Å². The molecule has 132 valence electrons. The van der Waals surface area contributed by atoms with Gasteiger partial charge in [0.25, 0.3) is 11.8 Å². The van der Waals surface area contributed by atoms with Crippen LogP contribution in [0.5, 0.6) is 0 Å². The van der Waals surface area contributed by atoms with Crippen LogP contribution in [0.15, 0.2) is 28.1 Å². The molecule has 25 heavy (non-hydrogen) atoms. The summed E-state index contributed by atoms with van der Waals surface area (Å²) in [7, 11) is 1.41. The third-order valence-corrected chi connectivity index (χ3v) is 4.72. The summed E-state index contributed by atoms with van der Waals surface area (Å²) in [6, 6.07) is 4.56. The number of amides is 3. The Morgan fingerprint density at radius 1 is 1.24 bits per heavy atom. The van der Waals surface area contributed by atoms with Crippen LogP contribution in [0.3, 0.4) is 0 Å². The molecule has 0 radical (unpaired) electrons. The number of likely N-dealkylation sites (N-methyl/N-ethyl adjacent to an activating group) is 1.